The molecule has 0 radical (unpaired) electrons. The van der Waals surface area contributed by atoms with Gasteiger partial charge in [-0.05, 0) is 41.1 Å². The molecule has 3 N–H and O–H groups in total. The average molecular weight is 610 g/mol. The Morgan fingerprint density at radius 2 is 1.61 bits per heavy atom. The number of benzene rings is 1. The van der Waals surface area contributed by atoms with Gasteiger partial charge in [-0.15, -0.1) is 0 Å². The lowest BCUT2D eigenvalue weighted by atomic mass is 9.93. The Hall–Kier alpha value is -3.76. The molecule has 5 amide bonds. The first kappa shape index (κ1) is 33.1. The Bertz CT molecular complexity index is 1290. The third-order valence-electron chi connectivity index (χ3n) is 9.81. The quantitative estimate of drug-likeness (QED) is 0.290. The first-order valence-corrected chi connectivity index (χ1v) is 15.6. The van der Waals surface area contributed by atoms with Crippen LogP contribution in [0.1, 0.15) is 65.5 Å². The highest BCUT2D eigenvalue weighted by Crippen LogP contribution is 2.65. The van der Waals surface area contributed by atoms with E-state index in [1.165, 1.54) is 4.90 Å². The number of ketones is 1. The molecule has 1 aliphatic heterocycles. The highest BCUT2D eigenvalue weighted by molar-refractivity contribution is 6.38. The molecule has 3 fully saturated rings. The number of carbonyl (C=O) groups is 6. The number of hydrogen-bond acceptors (Lipinski definition) is 6. The van der Waals surface area contributed by atoms with Crippen LogP contribution in [0.5, 0.6) is 0 Å². The van der Waals surface area contributed by atoms with E-state index in [2.05, 4.69) is 29.8 Å². The van der Waals surface area contributed by atoms with Crippen molar-refractivity contribution in [3.63, 3.8) is 0 Å². The van der Waals surface area contributed by atoms with Gasteiger partial charge >= 0.3 is 0 Å². The molecule has 11 heteroatoms. The molecule has 1 heterocycles. The smallest absolute Gasteiger partial charge is 0.290 e. The van der Waals surface area contributed by atoms with E-state index >= 15 is 0 Å². The summed E-state index contributed by atoms with van der Waals surface area (Å²) in [5.41, 5.74) is 0.490. The molecule has 0 bridgehead atoms. The van der Waals surface area contributed by atoms with Crippen LogP contribution in [0.4, 0.5) is 0 Å². The maximum Gasteiger partial charge on any atom is 0.290 e. The van der Waals surface area contributed by atoms with Gasteiger partial charge in [0.25, 0.3) is 5.91 Å². The van der Waals surface area contributed by atoms with Crippen LogP contribution in [0.25, 0.3) is 0 Å². The van der Waals surface area contributed by atoms with Crippen molar-refractivity contribution in [2.75, 3.05) is 27.2 Å². The normalized spacial score (nSPS) is 23.5. The molecule has 44 heavy (non-hydrogen) atoms. The Labute approximate surface area is 259 Å². The summed E-state index contributed by atoms with van der Waals surface area (Å²) in [5, 5.41) is 7.84. The molecular weight excluding hydrogens is 562 g/mol. The Morgan fingerprint density at radius 3 is 2.18 bits per heavy atom. The minimum Gasteiger partial charge on any atom is -0.347 e. The largest absolute Gasteiger partial charge is 0.347 e. The Morgan fingerprint density at radius 1 is 0.977 bits per heavy atom. The van der Waals surface area contributed by atoms with Gasteiger partial charge in [0.05, 0.1) is 12.6 Å². The number of nitrogens with one attached hydrogen (secondary N) is 3. The van der Waals surface area contributed by atoms with Crippen LogP contribution < -0.4 is 16.0 Å². The number of nitrogens with zero attached hydrogens (tertiary/aromatic N) is 2. The number of amides is 5. The zero-order valence-corrected chi connectivity index (χ0v) is 26.9. The van der Waals surface area contributed by atoms with E-state index in [1.807, 2.05) is 20.8 Å². The topological polar surface area (TPSA) is 145 Å². The Kier molecular flexibility index (Phi) is 9.85. The number of likely N-dealkylation sites (tertiary alicyclic amines) is 1. The minimum atomic E-state index is -1.06. The summed E-state index contributed by atoms with van der Waals surface area (Å²) in [6.45, 7) is 9.99. The van der Waals surface area contributed by atoms with E-state index in [9.17, 15) is 28.8 Å². The average Bonchev–Trinajstić information content (AvgIpc) is 3.84. The fourth-order valence-electron chi connectivity index (χ4n) is 6.34. The fraction of sp³-hybridized carbons (Fsp3) is 0.636. The van der Waals surface area contributed by atoms with Crippen molar-refractivity contribution >= 4 is 35.3 Å². The van der Waals surface area contributed by atoms with Gasteiger partial charge < -0.3 is 25.8 Å². The van der Waals surface area contributed by atoms with Crippen molar-refractivity contribution in [2.24, 2.45) is 35.0 Å². The van der Waals surface area contributed by atoms with Crippen LogP contribution in [0, 0.1) is 35.0 Å². The van der Waals surface area contributed by atoms with Gasteiger partial charge in [-0.25, -0.2) is 0 Å². The Balaban J connectivity index is 1.41. The molecule has 1 aromatic rings. The molecule has 1 aromatic carbocycles. The molecule has 6 atom stereocenters. The number of piperidine rings is 1. The molecule has 1 saturated heterocycles. The number of rotatable bonds is 13. The lowest BCUT2D eigenvalue weighted by Gasteiger charge is -2.33. The summed E-state index contributed by atoms with van der Waals surface area (Å²) in [7, 11) is 3.16. The van der Waals surface area contributed by atoms with Crippen molar-refractivity contribution in [3.05, 3.63) is 35.9 Å². The van der Waals surface area contributed by atoms with Gasteiger partial charge in [-0.2, -0.15) is 0 Å². The molecule has 0 spiro atoms. The predicted molar refractivity (Wildman–Crippen MR) is 164 cm³/mol. The first-order valence-electron chi connectivity index (χ1n) is 15.6. The van der Waals surface area contributed by atoms with Gasteiger partial charge in [0, 0.05) is 26.6 Å². The molecule has 2 saturated carbocycles. The molecular formula is C33H47N5O6. The lowest BCUT2D eigenvalue weighted by molar-refractivity contribution is -0.145. The zero-order valence-electron chi connectivity index (χ0n) is 26.9. The molecule has 4 rings (SSSR count). The van der Waals surface area contributed by atoms with Crippen molar-refractivity contribution < 1.29 is 28.8 Å². The molecule has 3 aliphatic rings. The van der Waals surface area contributed by atoms with Crippen LogP contribution >= 0.6 is 0 Å². The van der Waals surface area contributed by atoms with Gasteiger partial charge in [-0.1, -0.05) is 77.8 Å². The monoisotopic (exact) mass is 609 g/mol. The summed E-state index contributed by atoms with van der Waals surface area (Å²) in [4.78, 5) is 82.0. The molecule has 2 aliphatic carbocycles. The second-order valence-corrected chi connectivity index (χ2v) is 13.9. The summed E-state index contributed by atoms with van der Waals surface area (Å²) in [6, 6.07) is 6.01. The second kappa shape index (κ2) is 13.1. The first-order chi connectivity index (χ1) is 20.6. The fourth-order valence-corrected chi connectivity index (χ4v) is 6.34. The van der Waals surface area contributed by atoms with Crippen LogP contribution in [0.15, 0.2) is 30.3 Å². The van der Waals surface area contributed by atoms with Crippen LogP contribution in [-0.4, -0.2) is 84.4 Å². The van der Waals surface area contributed by atoms with Crippen molar-refractivity contribution in [1.29, 1.82) is 0 Å². The van der Waals surface area contributed by atoms with E-state index in [1.54, 1.807) is 49.3 Å². The van der Waals surface area contributed by atoms with Crippen molar-refractivity contribution in [2.45, 2.75) is 72.0 Å². The maximum absolute atomic E-state index is 13.8. The van der Waals surface area contributed by atoms with Crippen molar-refractivity contribution in [1.82, 2.24) is 25.8 Å². The van der Waals surface area contributed by atoms with Gasteiger partial charge in [0.15, 0.2) is 0 Å². The molecule has 1 unspecified atom stereocenters. The third-order valence-corrected chi connectivity index (χ3v) is 9.81. The number of Topliss-reactive ketones (excluding diaryl/α,β-unsaturated/α-hetero) is 1. The van der Waals surface area contributed by atoms with E-state index in [4.69, 9.17) is 0 Å². The second-order valence-electron chi connectivity index (χ2n) is 13.9. The predicted octanol–water partition coefficient (Wildman–Crippen LogP) is 1.68. The third kappa shape index (κ3) is 7.13. The number of fused-ring (bicyclic) bond motifs is 1. The van der Waals surface area contributed by atoms with Crippen LogP contribution in [0.2, 0.25) is 0 Å². The van der Waals surface area contributed by atoms with E-state index < -0.39 is 48.2 Å². The SMILES string of the molecule is CC(C)[C@H](C)C(=O)N1C[C@H]2[C@@H]([C@H]1C(=O)NC(CC1CC1)C(=O)C(=O)NCC(=O)N[C@H](C(=O)N(C)C)c1ccccc1)C2(C)C. The lowest BCUT2D eigenvalue weighted by Crippen LogP contribution is -2.56. The van der Waals surface area contributed by atoms with Gasteiger partial charge in [0.1, 0.15) is 12.1 Å². The summed E-state index contributed by atoms with van der Waals surface area (Å²) < 4.78 is 0. The molecule has 11 nitrogen and oxygen atoms in total. The summed E-state index contributed by atoms with van der Waals surface area (Å²) in [6.07, 6.45) is 2.13. The maximum atomic E-state index is 13.8. The van der Waals surface area contributed by atoms with Crippen LogP contribution in [-0.2, 0) is 28.8 Å². The standard InChI is InChI=1S/C33H47N5O6/c1-18(2)19(3)31(43)38-17-22-25(33(22,4)5)27(38)29(41)35-23(15-20-13-14-20)28(40)30(42)34-16-24(39)36-26(32(44)37(6)7)21-11-9-8-10-12-21/h8-12,18-20,22-23,25-27H,13-17H2,1-7H3,(H,34,42)(H,35,41)(H,36,39)/t19-,22-,23?,25-,26-,27-/m0/s1. The molecule has 0 aromatic heterocycles. The van der Waals surface area contributed by atoms with Crippen LogP contribution in [0.3, 0.4) is 0 Å². The minimum absolute atomic E-state index is 0.0116. The summed E-state index contributed by atoms with van der Waals surface area (Å²) in [5.74, 6) is -3.01. The van der Waals surface area contributed by atoms with Gasteiger partial charge in [0.2, 0.25) is 29.4 Å². The van der Waals surface area contributed by atoms with E-state index in [0.717, 1.165) is 12.8 Å². The number of hydrogen-bond donors (Lipinski definition) is 3. The summed E-state index contributed by atoms with van der Waals surface area (Å²) >= 11 is 0. The van der Waals surface area contributed by atoms with Crippen molar-refractivity contribution in [3.8, 4) is 0 Å². The zero-order chi connectivity index (χ0) is 32.5. The van der Waals surface area contributed by atoms with E-state index in [-0.39, 0.29) is 46.8 Å². The van der Waals surface area contributed by atoms with Gasteiger partial charge in [-0.3, -0.25) is 28.8 Å². The number of likely N-dealkylation sites (N-methyl/N-ethyl adjacent to an activating group) is 1. The molecule has 240 valence electrons. The number of carbonyl (C=O) groups excluding carboxylic acids is 6. The highest BCUT2D eigenvalue weighted by Gasteiger charge is 2.69. The van der Waals surface area contributed by atoms with E-state index in [0.29, 0.717) is 18.5 Å². The highest BCUT2D eigenvalue weighted by atomic mass is 16.2.